The molecule has 146 valence electrons. The lowest BCUT2D eigenvalue weighted by atomic mass is 10.2. The molecule has 6 heteroatoms. The van der Waals surface area contributed by atoms with Crippen LogP contribution in [0.1, 0.15) is 18.5 Å². The Bertz CT molecular complexity index is 804. The molecule has 27 heavy (non-hydrogen) atoms. The van der Waals surface area contributed by atoms with E-state index < -0.39 is 0 Å². The second kappa shape index (κ2) is 8.33. The van der Waals surface area contributed by atoms with Gasteiger partial charge in [0.25, 0.3) is 0 Å². The summed E-state index contributed by atoms with van der Waals surface area (Å²) in [7, 11) is 0. The number of piperazine rings is 1. The normalized spacial score (nSPS) is 19.3. The van der Waals surface area contributed by atoms with Crippen molar-refractivity contribution in [3.8, 4) is 0 Å². The number of rotatable bonds is 5. The van der Waals surface area contributed by atoms with Gasteiger partial charge in [0.15, 0.2) is 0 Å². The van der Waals surface area contributed by atoms with Crippen molar-refractivity contribution in [3.05, 3.63) is 34.4 Å². The Balaban J connectivity index is 1.33. The summed E-state index contributed by atoms with van der Waals surface area (Å²) in [6.45, 7) is 11.0. The van der Waals surface area contributed by atoms with E-state index in [1.165, 1.54) is 37.9 Å². The van der Waals surface area contributed by atoms with Gasteiger partial charge in [0, 0.05) is 60.3 Å². The smallest absolute Gasteiger partial charge is 0.242 e. The van der Waals surface area contributed by atoms with E-state index in [1.807, 2.05) is 17.0 Å². The first-order valence-electron chi connectivity index (χ1n) is 10.1. The molecule has 0 unspecified atom stereocenters. The molecule has 2 saturated heterocycles. The van der Waals surface area contributed by atoms with Crippen LogP contribution in [-0.4, -0.2) is 77.5 Å². The summed E-state index contributed by atoms with van der Waals surface area (Å²) in [5.41, 5.74) is 2.24. The third kappa shape index (κ3) is 4.08. The minimum atomic E-state index is 0.227. The standard InChI is InChI=1S/C21H29BrN4O/c1-17-21(22)18-6-2-3-7-19(18)26(17)16-20(27)25-14-12-24(13-15-25)11-10-23-8-4-5-9-23/h2-3,6-7H,4-5,8-16H2,1H3. The van der Waals surface area contributed by atoms with E-state index in [9.17, 15) is 4.79 Å². The van der Waals surface area contributed by atoms with Gasteiger partial charge in [-0.25, -0.2) is 0 Å². The van der Waals surface area contributed by atoms with Gasteiger partial charge in [-0.3, -0.25) is 9.69 Å². The average Bonchev–Trinajstić information content (AvgIpc) is 3.30. The van der Waals surface area contributed by atoms with Crippen molar-refractivity contribution >= 4 is 32.7 Å². The van der Waals surface area contributed by atoms with Gasteiger partial charge < -0.3 is 14.4 Å². The molecule has 2 aliphatic rings. The highest BCUT2D eigenvalue weighted by atomic mass is 79.9. The highest BCUT2D eigenvalue weighted by Gasteiger charge is 2.23. The molecular weight excluding hydrogens is 404 g/mol. The Morgan fingerprint density at radius 3 is 2.30 bits per heavy atom. The predicted octanol–water partition coefficient (Wildman–Crippen LogP) is 2.95. The molecule has 0 aliphatic carbocycles. The first kappa shape index (κ1) is 19.0. The molecule has 0 saturated carbocycles. The minimum Gasteiger partial charge on any atom is -0.339 e. The summed E-state index contributed by atoms with van der Waals surface area (Å²) < 4.78 is 3.24. The fourth-order valence-electron chi connectivity index (χ4n) is 4.34. The number of benzene rings is 1. The van der Waals surface area contributed by atoms with Gasteiger partial charge in [0.1, 0.15) is 6.54 Å². The molecular formula is C21H29BrN4O. The number of hydrogen-bond acceptors (Lipinski definition) is 3. The van der Waals surface area contributed by atoms with Gasteiger partial charge in [-0.1, -0.05) is 18.2 Å². The maximum atomic E-state index is 12.9. The predicted molar refractivity (Wildman–Crippen MR) is 113 cm³/mol. The minimum absolute atomic E-state index is 0.227. The first-order chi connectivity index (χ1) is 13.1. The molecule has 0 atom stereocenters. The molecule has 4 rings (SSSR count). The molecule has 0 spiro atoms. The Morgan fingerprint density at radius 1 is 0.963 bits per heavy atom. The first-order valence-corrected chi connectivity index (χ1v) is 10.9. The maximum Gasteiger partial charge on any atom is 0.242 e. The number of halogens is 1. The summed E-state index contributed by atoms with van der Waals surface area (Å²) in [6, 6.07) is 8.28. The Morgan fingerprint density at radius 2 is 1.59 bits per heavy atom. The molecule has 2 fully saturated rings. The van der Waals surface area contributed by atoms with Crippen LogP contribution in [0.15, 0.2) is 28.7 Å². The van der Waals surface area contributed by atoms with Crippen molar-refractivity contribution in [3.63, 3.8) is 0 Å². The van der Waals surface area contributed by atoms with Crippen molar-refractivity contribution in [2.24, 2.45) is 0 Å². The van der Waals surface area contributed by atoms with Gasteiger partial charge in [-0.15, -0.1) is 0 Å². The van der Waals surface area contributed by atoms with Crippen LogP contribution in [0.3, 0.4) is 0 Å². The van der Waals surface area contributed by atoms with E-state index in [0.717, 1.165) is 48.4 Å². The van der Waals surface area contributed by atoms with Gasteiger partial charge >= 0.3 is 0 Å². The van der Waals surface area contributed by atoms with E-state index in [4.69, 9.17) is 0 Å². The summed E-state index contributed by atoms with van der Waals surface area (Å²) in [5, 5.41) is 1.18. The fraction of sp³-hybridized carbons (Fsp3) is 0.571. The number of fused-ring (bicyclic) bond motifs is 1. The SMILES string of the molecule is Cc1c(Br)c2ccccc2n1CC(=O)N1CCN(CCN2CCCC2)CC1. The van der Waals surface area contributed by atoms with Gasteiger partial charge in [0.2, 0.25) is 5.91 Å². The number of amides is 1. The molecule has 1 aromatic carbocycles. The average molecular weight is 433 g/mol. The zero-order valence-corrected chi connectivity index (χ0v) is 17.7. The highest BCUT2D eigenvalue weighted by molar-refractivity contribution is 9.10. The van der Waals surface area contributed by atoms with Crippen molar-refractivity contribution in [2.45, 2.75) is 26.3 Å². The quantitative estimate of drug-likeness (QED) is 0.727. The van der Waals surface area contributed by atoms with Crippen molar-refractivity contribution in [1.82, 2.24) is 19.3 Å². The number of nitrogens with zero attached hydrogens (tertiary/aromatic N) is 4. The molecule has 0 N–H and O–H groups in total. The molecule has 0 bridgehead atoms. The van der Waals surface area contributed by atoms with Gasteiger partial charge in [0.05, 0.1) is 0 Å². The Kier molecular flexibility index (Phi) is 5.85. The zero-order chi connectivity index (χ0) is 18.8. The molecule has 5 nitrogen and oxygen atoms in total. The van der Waals surface area contributed by atoms with Crippen molar-refractivity contribution < 1.29 is 4.79 Å². The molecule has 3 heterocycles. The lowest BCUT2D eigenvalue weighted by molar-refractivity contribution is -0.133. The summed E-state index contributed by atoms with van der Waals surface area (Å²) >= 11 is 3.68. The number of hydrogen-bond donors (Lipinski definition) is 0. The van der Waals surface area contributed by atoms with Crippen LogP contribution in [0, 0.1) is 6.92 Å². The van der Waals surface area contributed by atoms with Crippen LogP contribution in [0.5, 0.6) is 0 Å². The third-order valence-electron chi connectivity index (χ3n) is 6.10. The van der Waals surface area contributed by atoms with Crippen LogP contribution in [0.25, 0.3) is 10.9 Å². The largest absolute Gasteiger partial charge is 0.339 e. The fourth-order valence-corrected chi connectivity index (χ4v) is 4.89. The maximum absolute atomic E-state index is 12.9. The molecule has 1 amide bonds. The van der Waals surface area contributed by atoms with Crippen molar-refractivity contribution in [1.29, 1.82) is 0 Å². The van der Waals surface area contributed by atoms with E-state index in [0.29, 0.717) is 6.54 Å². The molecule has 2 aromatic rings. The van der Waals surface area contributed by atoms with Gasteiger partial charge in [-0.2, -0.15) is 0 Å². The summed E-state index contributed by atoms with van der Waals surface area (Å²) in [4.78, 5) is 20.0. The van der Waals surface area contributed by atoms with Crippen LogP contribution in [0.2, 0.25) is 0 Å². The molecule has 2 aliphatic heterocycles. The second-order valence-corrected chi connectivity index (χ2v) is 8.57. The Labute approximate surface area is 170 Å². The second-order valence-electron chi connectivity index (χ2n) is 7.77. The van der Waals surface area contributed by atoms with E-state index in [-0.39, 0.29) is 5.91 Å². The lowest BCUT2D eigenvalue weighted by Crippen LogP contribution is -2.50. The zero-order valence-electron chi connectivity index (χ0n) is 16.2. The monoisotopic (exact) mass is 432 g/mol. The number of aromatic nitrogens is 1. The third-order valence-corrected chi connectivity index (χ3v) is 7.10. The van der Waals surface area contributed by atoms with E-state index in [1.54, 1.807) is 0 Å². The highest BCUT2D eigenvalue weighted by Crippen LogP contribution is 2.30. The number of likely N-dealkylation sites (tertiary alicyclic amines) is 1. The number of carbonyl (C=O) groups excluding carboxylic acids is 1. The lowest BCUT2D eigenvalue weighted by Gasteiger charge is -2.35. The summed E-state index contributed by atoms with van der Waals surface area (Å²) in [5.74, 6) is 0.227. The van der Waals surface area contributed by atoms with Gasteiger partial charge in [-0.05, 0) is 54.9 Å². The molecule has 1 aromatic heterocycles. The van der Waals surface area contributed by atoms with Crippen LogP contribution >= 0.6 is 15.9 Å². The van der Waals surface area contributed by atoms with E-state index >= 15 is 0 Å². The number of para-hydroxylation sites is 1. The summed E-state index contributed by atoms with van der Waals surface area (Å²) in [6.07, 6.45) is 2.71. The topological polar surface area (TPSA) is 31.7 Å². The van der Waals surface area contributed by atoms with Crippen LogP contribution < -0.4 is 0 Å². The molecule has 0 radical (unpaired) electrons. The van der Waals surface area contributed by atoms with Crippen LogP contribution in [-0.2, 0) is 11.3 Å². The number of carbonyl (C=O) groups is 1. The Hall–Kier alpha value is -1.37. The van der Waals surface area contributed by atoms with E-state index in [2.05, 4.69) is 49.4 Å². The van der Waals surface area contributed by atoms with Crippen molar-refractivity contribution in [2.75, 3.05) is 52.4 Å². The van der Waals surface area contributed by atoms with Crippen LogP contribution in [0.4, 0.5) is 0 Å².